The number of amides is 3. The van der Waals surface area contributed by atoms with Crippen LogP contribution in [-0.4, -0.2) is 82.9 Å². The highest BCUT2D eigenvalue weighted by Crippen LogP contribution is 2.23. The van der Waals surface area contributed by atoms with Crippen LogP contribution < -0.4 is 0 Å². The van der Waals surface area contributed by atoms with Gasteiger partial charge in [0, 0.05) is 51.6 Å². The van der Waals surface area contributed by atoms with Crippen molar-refractivity contribution in [1.29, 1.82) is 0 Å². The zero-order chi connectivity index (χ0) is 23.1. The third-order valence-electron chi connectivity index (χ3n) is 6.02. The van der Waals surface area contributed by atoms with Crippen LogP contribution in [0, 0.1) is 0 Å². The largest absolute Gasteiger partial charge is 0.394 e. The van der Waals surface area contributed by atoms with Crippen molar-refractivity contribution in [2.24, 2.45) is 0 Å². The molecule has 9 heteroatoms. The molecule has 3 amide bonds. The van der Waals surface area contributed by atoms with Gasteiger partial charge in [-0.3, -0.25) is 14.4 Å². The first-order chi connectivity index (χ1) is 15.4. The van der Waals surface area contributed by atoms with E-state index in [0.717, 1.165) is 24.8 Å². The number of rotatable bonds is 6. The lowest BCUT2D eigenvalue weighted by molar-refractivity contribution is -0.137. The van der Waals surface area contributed by atoms with Crippen molar-refractivity contribution in [2.75, 3.05) is 39.3 Å². The van der Waals surface area contributed by atoms with E-state index in [2.05, 4.69) is 0 Å². The summed E-state index contributed by atoms with van der Waals surface area (Å²) < 4.78 is 0. The summed E-state index contributed by atoms with van der Waals surface area (Å²) in [6, 6.07) is 5.00. The summed E-state index contributed by atoms with van der Waals surface area (Å²) in [5.74, 6) is -0.266. The van der Waals surface area contributed by atoms with Crippen LogP contribution in [0.15, 0.2) is 24.3 Å². The minimum Gasteiger partial charge on any atom is -0.394 e. The number of hydrogen-bond donors (Lipinski definition) is 1. The van der Waals surface area contributed by atoms with Crippen molar-refractivity contribution in [2.45, 2.75) is 38.1 Å². The van der Waals surface area contributed by atoms with Gasteiger partial charge in [-0.2, -0.15) is 0 Å². The molecule has 2 saturated heterocycles. The van der Waals surface area contributed by atoms with Gasteiger partial charge < -0.3 is 19.8 Å². The number of carbonyl (C=O) groups is 3. The molecule has 0 radical (unpaired) electrons. The molecule has 32 heavy (non-hydrogen) atoms. The van der Waals surface area contributed by atoms with Gasteiger partial charge in [0.1, 0.15) is 0 Å². The van der Waals surface area contributed by atoms with Crippen molar-refractivity contribution in [1.82, 2.24) is 14.7 Å². The van der Waals surface area contributed by atoms with Gasteiger partial charge in [0.25, 0.3) is 0 Å². The summed E-state index contributed by atoms with van der Waals surface area (Å²) in [5, 5.41) is 10.4. The van der Waals surface area contributed by atoms with Gasteiger partial charge in [0.15, 0.2) is 0 Å². The molecule has 1 aromatic rings. The second-order valence-electron chi connectivity index (χ2n) is 8.13. The molecule has 1 aromatic carbocycles. The van der Waals surface area contributed by atoms with Gasteiger partial charge in [-0.25, -0.2) is 0 Å². The molecule has 2 heterocycles. The third kappa shape index (κ3) is 6.47. The maximum absolute atomic E-state index is 12.6. The highest BCUT2D eigenvalue weighted by atomic mass is 35.5. The van der Waals surface area contributed by atoms with Gasteiger partial charge >= 0.3 is 0 Å². The zero-order valence-electron chi connectivity index (χ0n) is 18.0. The average molecular weight is 482 g/mol. The lowest BCUT2D eigenvalue weighted by atomic mass is 10.0. The molecule has 0 spiro atoms. The topological polar surface area (TPSA) is 81.2 Å². The number of aliphatic hydroxyl groups is 1. The second kappa shape index (κ2) is 11.7. The number of likely N-dealkylation sites (tertiary alicyclic amines) is 1. The van der Waals surface area contributed by atoms with Crippen molar-refractivity contribution < 1.29 is 19.5 Å². The Balaban J connectivity index is 1.51. The quantitative estimate of drug-likeness (QED) is 0.633. The maximum Gasteiger partial charge on any atom is 0.246 e. The molecule has 7 nitrogen and oxygen atoms in total. The minimum atomic E-state index is -0.180. The Morgan fingerprint density at radius 1 is 1.09 bits per heavy atom. The molecule has 0 aromatic heterocycles. The number of aliphatic hydroxyl groups excluding tert-OH is 1. The van der Waals surface area contributed by atoms with Crippen LogP contribution in [0.25, 0.3) is 6.08 Å². The first-order valence-electron chi connectivity index (χ1n) is 11.0. The molecule has 174 valence electrons. The van der Waals surface area contributed by atoms with Crippen LogP contribution in [0.3, 0.4) is 0 Å². The Hall–Kier alpha value is -2.09. The van der Waals surface area contributed by atoms with Crippen molar-refractivity contribution in [3.8, 4) is 0 Å². The highest BCUT2D eigenvalue weighted by molar-refractivity contribution is 6.42. The van der Waals surface area contributed by atoms with E-state index in [-0.39, 0.29) is 43.2 Å². The Kier molecular flexibility index (Phi) is 8.96. The van der Waals surface area contributed by atoms with E-state index in [1.165, 1.54) is 6.08 Å². The average Bonchev–Trinajstić information content (AvgIpc) is 2.99. The van der Waals surface area contributed by atoms with E-state index < -0.39 is 0 Å². The lowest BCUT2D eigenvalue weighted by Crippen LogP contribution is -2.47. The molecule has 1 N–H and O–H groups in total. The third-order valence-corrected chi connectivity index (χ3v) is 6.75. The van der Waals surface area contributed by atoms with Gasteiger partial charge in [0.2, 0.25) is 17.7 Å². The van der Waals surface area contributed by atoms with Crippen molar-refractivity contribution in [3.05, 3.63) is 39.9 Å². The van der Waals surface area contributed by atoms with Crippen molar-refractivity contribution in [3.63, 3.8) is 0 Å². The fourth-order valence-electron chi connectivity index (χ4n) is 4.11. The van der Waals surface area contributed by atoms with Gasteiger partial charge in [-0.05, 0) is 43.0 Å². The maximum atomic E-state index is 12.6. The summed E-state index contributed by atoms with van der Waals surface area (Å²) in [4.78, 5) is 42.8. The summed E-state index contributed by atoms with van der Waals surface area (Å²) in [6.45, 7) is 2.10. The van der Waals surface area contributed by atoms with E-state index >= 15 is 0 Å². The molecule has 0 bridgehead atoms. The normalized spacial score (nSPS) is 20.0. The van der Waals surface area contributed by atoms with Crippen LogP contribution in [0.5, 0.6) is 0 Å². The lowest BCUT2D eigenvalue weighted by Gasteiger charge is -2.35. The molecular formula is C23H29Cl2N3O4. The Morgan fingerprint density at radius 2 is 1.91 bits per heavy atom. The first kappa shape index (κ1) is 24.6. The van der Waals surface area contributed by atoms with Crippen LogP contribution in [-0.2, 0) is 14.4 Å². The molecule has 0 aliphatic carbocycles. The van der Waals surface area contributed by atoms with Gasteiger partial charge in [-0.1, -0.05) is 29.3 Å². The number of nitrogens with zero attached hydrogens (tertiary/aromatic N) is 3. The molecule has 3 rings (SSSR count). The smallest absolute Gasteiger partial charge is 0.246 e. The molecule has 2 fully saturated rings. The predicted octanol–water partition coefficient (Wildman–Crippen LogP) is 2.83. The van der Waals surface area contributed by atoms with Crippen LogP contribution >= 0.6 is 23.2 Å². The summed E-state index contributed by atoms with van der Waals surface area (Å²) >= 11 is 11.9. The summed E-state index contributed by atoms with van der Waals surface area (Å²) in [5.41, 5.74) is 0.762. The van der Waals surface area contributed by atoms with Gasteiger partial charge in [0.05, 0.1) is 22.7 Å². The fourth-order valence-corrected chi connectivity index (χ4v) is 4.41. The van der Waals surface area contributed by atoms with E-state index in [1.807, 2.05) is 0 Å². The molecule has 0 saturated carbocycles. The Labute approximate surface area is 198 Å². The van der Waals surface area contributed by atoms with Gasteiger partial charge in [-0.15, -0.1) is 0 Å². The molecule has 2 aliphatic heterocycles. The highest BCUT2D eigenvalue weighted by Gasteiger charge is 2.28. The number of piperidine rings is 1. The Morgan fingerprint density at radius 3 is 2.66 bits per heavy atom. The summed E-state index contributed by atoms with van der Waals surface area (Å²) in [7, 11) is 0. The zero-order valence-corrected chi connectivity index (χ0v) is 19.5. The number of halogens is 2. The molecule has 1 unspecified atom stereocenters. The second-order valence-corrected chi connectivity index (χ2v) is 8.95. The van der Waals surface area contributed by atoms with Crippen molar-refractivity contribution >= 4 is 47.0 Å². The van der Waals surface area contributed by atoms with E-state index in [0.29, 0.717) is 42.8 Å². The Bertz CT molecular complexity index is 877. The minimum absolute atomic E-state index is 0.0266. The summed E-state index contributed by atoms with van der Waals surface area (Å²) in [6.07, 6.45) is 6.37. The van der Waals surface area contributed by atoms with E-state index in [1.54, 1.807) is 39.0 Å². The molecular weight excluding hydrogens is 453 g/mol. The van der Waals surface area contributed by atoms with E-state index in [4.69, 9.17) is 23.2 Å². The SMILES string of the molecule is O=C(C=Cc1ccc(Cl)c(Cl)c1)N1CCC(=O)N(CCC(=O)N2CCCCC2CO)CC1. The van der Waals surface area contributed by atoms with Crippen LogP contribution in [0.1, 0.15) is 37.7 Å². The van der Waals surface area contributed by atoms with E-state index in [9.17, 15) is 19.5 Å². The standard InChI is InChI=1S/C23H29Cl2N3O4/c24-19-6-4-17(15-20(19)25)5-7-21(30)26-11-8-22(31)27(14-13-26)12-9-23(32)28-10-2-1-3-18(28)16-29/h4-7,15,18,29H,1-3,8-14,16H2. The first-order valence-corrected chi connectivity index (χ1v) is 11.7. The van der Waals surface area contributed by atoms with Crippen LogP contribution in [0.4, 0.5) is 0 Å². The predicted molar refractivity (Wildman–Crippen MR) is 124 cm³/mol. The van der Waals surface area contributed by atoms with Crippen LogP contribution in [0.2, 0.25) is 10.0 Å². The number of hydrogen-bond acceptors (Lipinski definition) is 4. The number of carbonyl (C=O) groups excluding carboxylic acids is 3. The number of benzene rings is 1. The molecule has 1 atom stereocenters. The molecule has 2 aliphatic rings. The monoisotopic (exact) mass is 481 g/mol. The fraction of sp³-hybridized carbons (Fsp3) is 0.522.